The van der Waals surface area contributed by atoms with Crippen molar-refractivity contribution in [1.82, 2.24) is 15.0 Å². The number of pyridine rings is 1. The summed E-state index contributed by atoms with van der Waals surface area (Å²) < 4.78 is 0. The lowest BCUT2D eigenvalue weighted by atomic mass is 9.93. The van der Waals surface area contributed by atoms with Gasteiger partial charge < -0.3 is 0 Å². The zero-order valence-electron chi connectivity index (χ0n) is 20.6. The molecule has 7 rings (SSSR count). The minimum atomic E-state index is 0.679. The zero-order chi connectivity index (χ0) is 25.3. The Labute approximate surface area is 221 Å². The van der Waals surface area contributed by atoms with Gasteiger partial charge in [-0.15, -0.1) is 0 Å². The third-order valence-electron chi connectivity index (χ3n) is 6.94. The van der Waals surface area contributed by atoms with E-state index in [1.807, 2.05) is 30.5 Å². The van der Waals surface area contributed by atoms with E-state index in [0.29, 0.717) is 5.82 Å². The fourth-order valence-electron chi connectivity index (χ4n) is 5.14. The van der Waals surface area contributed by atoms with Crippen LogP contribution in [0.5, 0.6) is 0 Å². The molecule has 0 spiro atoms. The van der Waals surface area contributed by atoms with Crippen molar-refractivity contribution in [2.45, 2.75) is 0 Å². The van der Waals surface area contributed by atoms with Crippen molar-refractivity contribution in [2.75, 3.05) is 0 Å². The fraction of sp³-hybridized carbons (Fsp3) is 0. The van der Waals surface area contributed by atoms with Crippen molar-refractivity contribution >= 4 is 21.8 Å². The second kappa shape index (κ2) is 9.38. The first-order chi connectivity index (χ1) is 18.8. The quantitative estimate of drug-likeness (QED) is 0.250. The second-order valence-electron chi connectivity index (χ2n) is 9.29. The molecule has 0 aliphatic carbocycles. The van der Waals surface area contributed by atoms with Crippen LogP contribution in [-0.2, 0) is 0 Å². The zero-order valence-corrected chi connectivity index (χ0v) is 20.6. The van der Waals surface area contributed by atoms with Crippen LogP contribution in [0.15, 0.2) is 140 Å². The molecule has 0 aliphatic heterocycles. The van der Waals surface area contributed by atoms with Crippen LogP contribution in [0.4, 0.5) is 0 Å². The SMILES string of the molecule is c1ccc(-c2ccccc2-c2cccc(-c3nc(-c4cccc5cccnc45)nc4ccccc34)c2)cc1. The maximum Gasteiger partial charge on any atom is 0.162 e. The summed E-state index contributed by atoms with van der Waals surface area (Å²) in [5.74, 6) is 0.679. The van der Waals surface area contributed by atoms with Gasteiger partial charge in [-0.25, -0.2) is 9.97 Å². The number of hydrogen-bond acceptors (Lipinski definition) is 3. The summed E-state index contributed by atoms with van der Waals surface area (Å²) in [7, 11) is 0. The molecule has 5 aromatic carbocycles. The number of aromatic nitrogens is 3. The van der Waals surface area contributed by atoms with Gasteiger partial charge in [0, 0.05) is 28.1 Å². The number of para-hydroxylation sites is 2. The van der Waals surface area contributed by atoms with Crippen LogP contribution in [0.2, 0.25) is 0 Å². The first kappa shape index (κ1) is 22.1. The van der Waals surface area contributed by atoms with Crippen LogP contribution < -0.4 is 0 Å². The number of nitrogens with zero attached hydrogens (tertiary/aromatic N) is 3. The van der Waals surface area contributed by atoms with Gasteiger partial charge in [-0.05, 0) is 46.5 Å². The van der Waals surface area contributed by atoms with Crippen molar-refractivity contribution in [3.05, 3.63) is 140 Å². The number of rotatable bonds is 4. The van der Waals surface area contributed by atoms with E-state index in [1.54, 1.807) is 0 Å². The first-order valence-electron chi connectivity index (χ1n) is 12.7. The molecule has 0 saturated carbocycles. The Bertz CT molecular complexity index is 1920. The second-order valence-corrected chi connectivity index (χ2v) is 9.29. The molecule has 0 amide bonds. The molecule has 0 aliphatic rings. The van der Waals surface area contributed by atoms with Gasteiger partial charge in [-0.3, -0.25) is 4.98 Å². The predicted molar refractivity (Wildman–Crippen MR) is 157 cm³/mol. The van der Waals surface area contributed by atoms with E-state index in [-0.39, 0.29) is 0 Å². The van der Waals surface area contributed by atoms with Crippen molar-refractivity contribution in [3.63, 3.8) is 0 Å². The molecule has 0 bridgehead atoms. The Morgan fingerprint density at radius 3 is 2.00 bits per heavy atom. The molecule has 0 N–H and O–H groups in total. The minimum Gasteiger partial charge on any atom is -0.255 e. The van der Waals surface area contributed by atoms with Gasteiger partial charge in [0.15, 0.2) is 5.82 Å². The Morgan fingerprint density at radius 1 is 0.447 bits per heavy atom. The van der Waals surface area contributed by atoms with Crippen molar-refractivity contribution in [2.24, 2.45) is 0 Å². The lowest BCUT2D eigenvalue weighted by Gasteiger charge is -2.13. The van der Waals surface area contributed by atoms with Crippen molar-refractivity contribution < 1.29 is 0 Å². The van der Waals surface area contributed by atoms with Gasteiger partial charge in [0.05, 0.1) is 16.7 Å². The molecule has 3 nitrogen and oxygen atoms in total. The van der Waals surface area contributed by atoms with Crippen LogP contribution in [0.3, 0.4) is 0 Å². The van der Waals surface area contributed by atoms with Gasteiger partial charge >= 0.3 is 0 Å². The molecule has 0 atom stereocenters. The fourth-order valence-corrected chi connectivity index (χ4v) is 5.14. The van der Waals surface area contributed by atoms with E-state index < -0.39 is 0 Å². The van der Waals surface area contributed by atoms with E-state index in [0.717, 1.165) is 44.2 Å². The van der Waals surface area contributed by atoms with E-state index in [9.17, 15) is 0 Å². The standard InChI is InChI=1S/C35H23N3/c1-2-11-24(12-3-1)28-17-4-5-18-29(28)26-14-8-15-27(23-26)34-30-19-6-7-21-32(30)37-35(38-34)31-20-9-13-25-16-10-22-36-33(25)31/h1-23H. The molecule has 3 heteroatoms. The Kier molecular flexibility index (Phi) is 5.45. The van der Waals surface area contributed by atoms with Crippen LogP contribution in [0, 0.1) is 0 Å². The minimum absolute atomic E-state index is 0.679. The molecule has 0 radical (unpaired) electrons. The van der Waals surface area contributed by atoms with Crippen LogP contribution in [-0.4, -0.2) is 15.0 Å². The van der Waals surface area contributed by atoms with Gasteiger partial charge in [-0.2, -0.15) is 0 Å². The molecule has 0 saturated heterocycles. The summed E-state index contributed by atoms with van der Waals surface area (Å²) in [6, 6.07) is 46.2. The van der Waals surface area contributed by atoms with Crippen LogP contribution in [0.1, 0.15) is 0 Å². The van der Waals surface area contributed by atoms with E-state index in [4.69, 9.17) is 9.97 Å². The Morgan fingerprint density at radius 2 is 1.11 bits per heavy atom. The molecule has 0 fully saturated rings. The first-order valence-corrected chi connectivity index (χ1v) is 12.7. The normalized spacial score (nSPS) is 11.2. The van der Waals surface area contributed by atoms with Crippen LogP contribution >= 0.6 is 0 Å². The number of fused-ring (bicyclic) bond motifs is 2. The summed E-state index contributed by atoms with van der Waals surface area (Å²) in [6.07, 6.45) is 1.82. The Balaban J connectivity index is 1.43. The highest BCUT2D eigenvalue weighted by Gasteiger charge is 2.15. The van der Waals surface area contributed by atoms with Crippen molar-refractivity contribution in [3.8, 4) is 44.9 Å². The van der Waals surface area contributed by atoms with E-state index in [2.05, 4.69) is 114 Å². The summed E-state index contributed by atoms with van der Waals surface area (Å²) in [6.45, 7) is 0. The smallest absolute Gasteiger partial charge is 0.162 e. The van der Waals surface area contributed by atoms with Gasteiger partial charge in [0.1, 0.15) is 0 Å². The lowest BCUT2D eigenvalue weighted by molar-refractivity contribution is 1.23. The summed E-state index contributed by atoms with van der Waals surface area (Å²) >= 11 is 0. The maximum atomic E-state index is 5.16. The predicted octanol–water partition coefficient (Wildman–Crippen LogP) is 8.85. The topological polar surface area (TPSA) is 38.7 Å². The lowest BCUT2D eigenvalue weighted by Crippen LogP contribution is -1.96. The van der Waals surface area contributed by atoms with Gasteiger partial charge in [0.25, 0.3) is 0 Å². The van der Waals surface area contributed by atoms with E-state index >= 15 is 0 Å². The van der Waals surface area contributed by atoms with E-state index in [1.165, 1.54) is 16.7 Å². The molecule has 2 heterocycles. The molecule has 7 aromatic rings. The highest BCUT2D eigenvalue weighted by molar-refractivity contribution is 5.97. The molecule has 2 aromatic heterocycles. The molecule has 178 valence electrons. The average molecular weight is 486 g/mol. The maximum absolute atomic E-state index is 5.16. The van der Waals surface area contributed by atoms with Crippen molar-refractivity contribution in [1.29, 1.82) is 0 Å². The van der Waals surface area contributed by atoms with Gasteiger partial charge in [-0.1, -0.05) is 109 Å². The molecular formula is C35H23N3. The largest absolute Gasteiger partial charge is 0.255 e. The third-order valence-corrected chi connectivity index (χ3v) is 6.94. The molecule has 0 unspecified atom stereocenters. The molecule has 38 heavy (non-hydrogen) atoms. The third kappa shape index (κ3) is 3.91. The summed E-state index contributed by atoms with van der Waals surface area (Å²) in [5.41, 5.74) is 9.47. The Hall–Kier alpha value is -5.15. The van der Waals surface area contributed by atoms with Gasteiger partial charge in [0.2, 0.25) is 0 Å². The molecular weight excluding hydrogens is 462 g/mol. The summed E-state index contributed by atoms with van der Waals surface area (Å²) in [5, 5.41) is 2.10. The number of hydrogen-bond donors (Lipinski definition) is 0. The highest BCUT2D eigenvalue weighted by Crippen LogP contribution is 2.36. The highest BCUT2D eigenvalue weighted by atomic mass is 14.9. The summed E-state index contributed by atoms with van der Waals surface area (Å²) in [4.78, 5) is 14.8. The average Bonchev–Trinajstić information content (AvgIpc) is 3.01. The monoisotopic (exact) mass is 485 g/mol. The van der Waals surface area contributed by atoms with Crippen LogP contribution in [0.25, 0.3) is 66.7 Å². The number of benzene rings is 5.